The van der Waals surface area contributed by atoms with Gasteiger partial charge in [0.05, 0.1) is 11.5 Å². The van der Waals surface area contributed by atoms with Gasteiger partial charge in [0.2, 0.25) is 0 Å². The summed E-state index contributed by atoms with van der Waals surface area (Å²) >= 11 is 0. The molecule has 1 aromatic rings. The number of carbonyl (C=O) groups is 2. The molecule has 0 fully saturated rings. The van der Waals surface area contributed by atoms with E-state index in [1.54, 1.807) is 6.92 Å². The number of hydrogen-bond acceptors (Lipinski definition) is 3. The summed E-state index contributed by atoms with van der Waals surface area (Å²) in [5, 5.41) is 19.1. The molecule has 0 bridgehead atoms. The van der Waals surface area contributed by atoms with Crippen LogP contribution in [0.25, 0.3) is 0 Å². The Morgan fingerprint density at radius 2 is 1.86 bits per heavy atom. The molecule has 5 heteroatoms. The minimum atomic E-state index is -1.47. The van der Waals surface area contributed by atoms with Crippen LogP contribution in [-0.4, -0.2) is 17.0 Å². The second-order valence-electron chi connectivity index (χ2n) is 2.64. The first kappa shape index (κ1) is 13.2. The van der Waals surface area contributed by atoms with Gasteiger partial charge in [-0.25, -0.2) is 4.79 Å². The zero-order valence-corrected chi connectivity index (χ0v) is 9.90. The number of benzene rings is 1. The van der Waals surface area contributed by atoms with E-state index in [0.29, 0.717) is 5.56 Å². The third-order valence-corrected chi connectivity index (χ3v) is 1.63. The Labute approximate surface area is 103 Å². The van der Waals surface area contributed by atoms with Crippen LogP contribution in [0.5, 0.6) is 0 Å². The molecule has 0 atom stereocenters. The van der Waals surface area contributed by atoms with E-state index in [1.807, 2.05) is 0 Å². The SMILES string of the molecule is Cc1ccc(C(=O)[O-])c(C(=O)O)c1.[Na+]. The Balaban J connectivity index is 0.00000169. The van der Waals surface area contributed by atoms with Crippen molar-refractivity contribution in [2.75, 3.05) is 0 Å². The van der Waals surface area contributed by atoms with Crippen molar-refractivity contribution < 1.29 is 49.4 Å². The molecule has 1 rings (SSSR count). The first-order chi connectivity index (χ1) is 6.02. The van der Waals surface area contributed by atoms with Crippen LogP contribution in [0.2, 0.25) is 0 Å². The van der Waals surface area contributed by atoms with Crippen LogP contribution in [0, 0.1) is 6.92 Å². The fraction of sp³-hybridized carbons (Fsp3) is 0.111. The zero-order chi connectivity index (χ0) is 10.0. The van der Waals surface area contributed by atoms with Gasteiger partial charge < -0.3 is 15.0 Å². The number of aryl methyl sites for hydroxylation is 1. The van der Waals surface area contributed by atoms with Crippen LogP contribution < -0.4 is 34.7 Å². The maximum Gasteiger partial charge on any atom is 1.00 e. The maximum absolute atomic E-state index is 10.6. The van der Waals surface area contributed by atoms with Crippen molar-refractivity contribution in [2.45, 2.75) is 6.92 Å². The molecule has 0 saturated carbocycles. The molecule has 4 nitrogen and oxygen atoms in total. The van der Waals surface area contributed by atoms with E-state index in [4.69, 9.17) is 5.11 Å². The largest absolute Gasteiger partial charge is 1.00 e. The van der Waals surface area contributed by atoms with Gasteiger partial charge in [0.25, 0.3) is 0 Å². The quantitative estimate of drug-likeness (QED) is 0.520. The molecular formula is C9H7NaO4. The van der Waals surface area contributed by atoms with Crippen molar-refractivity contribution in [2.24, 2.45) is 0 Å². The van der Waals surface area contributed by atoms with Crippen LogP contribution >= 0.6 is 0 Å². The third-order valence-electron chi connectivity index (χ3n) is 1.63. The molecule has 0 aromatic heterocycles. The van der Waals surface area contributed by atoms with Crippen molar-refractivity contribution in [3.8, 4) is 0 Å². The second kappa shape index (κ2) is 5.14. The van der Waals surface area contributed by atoms with E-state index < -0.39 is 11.9 Å². The van der Waals surface area contributed by atoms with E-state index in [9.17, 15) is 14.7 Å². The molecule has 0 amide bonds. The number of aromatic carboxylic acids is 2. The monoisotopic (exact) mass is 202 g/mol. The average Bonchev–Trinajstić information content (AvgIpc) is 2.03. The van der Waals surface area contributed by atoms with Gasteiger partial charge in [0.15, 0.2) is 0 Å². The van der Waals surface area contributed by atoms with Crippen LogP contribution in [-0.2, 0) is 0 Å². The summed E-state index contributed by atoms with van der Waals surface area (Å²) in [6, 6.07) is 4.05. The number of rotatable bonds is 2. The van der Waals surface area contributed by atoms with Gasteiger partial charge >= 0.3 is 35.5 Å². The predicted molar refractivity (Wildman–Crippen MR) is 42.5 cm³/mol. The standard InChI is InChI=1S/C9H8O4.Na/c1-5-2-3-6(8(10)11)7(4-5)9(12)13;/h2-4H,1H3,(H,10,11)(H,12,13);/q;+1/p-1. The van der Waals surface area contributed by atoms with Gasteiger partial charge in [-0.05, 0) is 13.0 Å². The summed E-state index contributed by atoms with van der Waals surface area (Å²) in [6.45, 7) is 1.69. The molecule has 0 aliphatic carbocycles. The van der Waals surface area contributed by atoms with Gasteiger partial charge in [0.1, 0.15) is 0 Å². The predicted octanol–water partition coefficient (Wildman–Crippen LogP) is -2.94. The third kappa shape index (κ3) is 2.83. The molecule has 1 N–H and O–H groups in total. The molecule has 14 heavy (non-hydrogen) atoms. The minimum absolute atomic E-state index is 0. The van der Waals surface area contributed by atoms with Crippen molar-refractivity contribution in [1.29, 1.82) is 0 Å². The smallest absolute Gasteiger partial charge is 0.545 e. The van der Waals surface area contributed by atoms with Crippen molar-refractivity contribution in [3.05, 3.63) is 34.9 Å². The summed E-state index contributed by atoms with van der Waals surface area (Å²) in [5.74, 6) is -2.74. The number of hydrogen-bond donors (Lipinski definition) is 1. The Morgan fingerprint density at radius 3 is 2.29 bits per heavy atom. The number of carboxylic acids is 2. The van der Waals surface area contributed by atoms with Crippen LogP contribution in [0.15, 0.2) is 18.2 Å². The Morgan fingerprint density at radius 1 is 1.29 bits per heavy atom. The zero-order valence-electron chi connectivity index (χ0n) is 7.90. The topological polar surface area (TPSA) is 77.4 Å². The van der Waals surface area contributed by atoms with Crippen molar-refractivity contribution in [1.82, 2.24) is 0 Å². The minimum Gasteiger partial charge on any atom is -0.545 e. The normalized spacial score (nSPS) is 8.93. The van der Waals surface area contributed by atoms with Crippen molar-refractivity contribution in [3.63, 3.8) is 0 Å². The molecule has 0 saturated heterocycles. The van der Waals surface area contributed by atoms with Crippen molar-refractivity contribution >= 4 is 11.9 Å². The first-order valence-electron chi connectivity index (χ1n) is 3.57. The number of carboxylic acid groups (broad SMARTS) is 2. The van der Waals surface area contributed by atoms with Gasteiger partial charge in [-0.3, -0.25) is 0 Å². The maximum atomic E-state index is 10.6. The van der Waals surface area contributed by atoms with E-state index in [-0.39, 0.29) is 40.7 Å². The Hall–Kier alpha value is -0.840. The average molecular weight is 202 g/mol. The van der Waals surface area contributed by atoms with E-state index in [0.717, 1.165) is 0 Å². The summed E-state index contributed by atoms with van der Waals surface area (Å²) in [7, 11) is 0. The molecule has 0 radical (unpaired) electrons. The molecule has 0 aliphatic rings. The van der Waals surface area contributed by atoms with E-state index in [2.05, 4.69) is 0 Å². The van der Waals surface area contributed by atoms with Crippen LogP contribution in [0.3, 0.4) is 0 Å². The first-order valence-corrected chi connectivity index (χ1v) is 3.57. The molecule has 0 heterocycles. The Kier molecular flexibility index (Phi) is 4.83. The van der Waals surface area contributed by atoms with Crippen LogP contribution in [0.4, 0.5) is 0 Å². The Bertz CT molecular complexity index is 373. The van der Waals surface area contributed by atoms with E-state index in [1.165, 1.54) is 18.2 Å². The van der Waals surface area contributed by atoms with Gasteiger partial charge in [-0.1, -0.05) is 17.7 Å². The summed E-state index contributed by atoms with van der Waals surface area (Å²) < 4.78 is 0. The number of carbonyl (C=O) groups excluding carboxylic acids is 1. The summed E-state index contributed by atoms with van der Waals surface area (Å²) in [6.07, 6.45) is 0. The van der Waals surface area contributed by atoms with Gasteiger partial charge in [-0.15, -0.1) is 0 Å². The molecule has 1 aromatic carbocycles. The fourth-order valence-corrected chi connectivity index (χ4v) is 1.01. The van der Waals surface area contributed by atoms with Gasteiger partial charge in [0, 0.05) is 5.56 Å². The van der Waals surface area contributed by atoms with Gasteiger partial charge in [-0.2, -0.15) is 0 Å². The van der Waals surface area contributed by atoms with Crippen LogP contribution in [0.1, 0.15) is 26.3 Å². The summed E-state index contributed by atoms with van der Waals surface area (Å²) in [5.41, 5.74) is 0.167. The molecular weight excluding hydrogens is 195 g/mol. The second-order valence-corrected chi connectivity index (χ2v) is 2.64. The molecule has 0 aliphatic heterocycles. The molecule has 0 unspecified atom stereocenters. The van der Waals surface area contributed by atoms with E-state index >= 15 is 0 Å². The molecule has 0 spiro atoms. The summed E-state index contributed by atoms with van der Waals surface area (Å²) in [4.78, 5) is 21.1. The molecule has 68 valence electrons. The fourth-order valence-electron chi connectivity index (χ4n) is 1.01.